The molecule has 2 nitrogen and oxygen atoms in total. The van der Waals surface area contributed by atoms with Crippen molar-refractivity contribution in [3.8, 4) is 0 Å². The van der Waals surface area contributed by atoms with E-state index in [1.54, 1.807) is 0 Å². The quantitative estimate of drug-likeness (QED) is 0.0560. The van der Waals surface area contributed by atoms with E-state index in [1.807, 2.05) is 0 Å². The van der Waals surface area contributed by atoms with E-state index in [0.717, 1.165) is 66.6 Å². The molecule has 0 radical (unpaired) electrons. The first-order valence-corrected chi connectivity index (χ1v) is 25.8. The molecule has 10 atom stereocenters. The SMILES string of the molecule is CCCCCCCCCCCCCCCCCCCCCCCC(=O)O[C@H]1CC[C@@]2(C)[C@@H](CC[C@@H]3[C@@H]2CC[C@]2(C)[C@@H]([C@H](C)CC[C@@H](CC)C(C)C)CC[C@@H]32)C1. The minimum atomic E-state index is 0.0956. The van der Waals surface area contributed by atoms with Crippen LogP contribution in [0.25, 0.3) is 0 Å². The summed E-state index contributed by atoms with van der Waals surface area (Å²) in [6.07, 6.45) is 46.6. The molecule has 0 heterocycles. The van der Waals surface area contributed by atoms with Crippen molar-refractivity contribution in [3.63, 3.8) is 0 Å². The van der Waals surface area contributed by atoms with E-state index in [-0.39, 0.29) is 12.1 Å². The van der Waals surface area contributed by atoms with Crippen molar-refractivity contribution in [2.24, 2.45) is 58.2 Å². The van der Waals surface area contributed by atoms with Crippen molar-refractivity contribution in [2.45, 2.75) is 273 Å². The molecule has 0 N–H and O–H groups in total. The lowest BCUT2D eigenvalue weighted by molar-refractivity contribution is -0.162. The largest absolute Gasteiger partial charge is 0.462 e. The molecular weight excluding hydrogens is 669 g/mol. The summed E-state index contributed by atoms with van der Waals surface area (Å²) in [5, 5.41) is 0. The highest BCUT2D eigenvalue weighted by molar-refractivity contribution is 5.69. The third-order valence-corrected chi connectivity index (χ3v) is 17.6. The maximum Gasteiger partial charge on any atom is 0.306 e. The molecule has 0 amide bonds. The molecular formula is C53H98O2. The number of ether oxygens (including phenoxy) is 1. The Bertz CT molecular complexity index is 1020. The van der Waals surface area contributed by atoms with Gasteiger partial charge in [0.15, 0.2) is 0 Å². The predicted molar refractivity (Wildman–Crippen MR) is 239 cm³/mol. The van der Waals surface area contributed by atoms with Gasteiger partial charge in [0.2, 0.25) is 0 Å². The van der Waals surface area contributed by atoms with Crippen LogP contribution < -0.4 is 0 Å². The van der Waals surface area contributed by atoms with Gasteiger partial charge in [0.1, 0.15) is 6.10 Å². The molecule has 4 fully saturated rings. The predicted octanol–water partition coefficient (Wildman–Crippen LogP) is 17.3. The maximum absolute atomic E-state index is 12.9. The van der Waals surface area contributed by atoms with Crippen molar-refractivity contribution in [1.82, 2.24) is 0 Å². The molecule has 4 aliphatic rings. The Morgan fingerprint density at radius 3 is 1.62 bits per heavy atom. The lowest BCUT2D eigenvalue weighted by atomic mass is 9.44. The summed E-state index contributed by atoms with van der Waals surface area (Å²) in [5.74, 6) is 7.20. The Hall–Kier alpha value is -0.530. The summed E-state index contributed by atoms with van der Waals surface area (Å²) in [7, 11) is 0. The topological polar surface area (TPSA) is 26.3 Å². The third kappa shape index (κ3) is 14.3. The molecule has 4 rings (SSSR count). The maximum atomic E-state index is 12.9. The number of carbonyl (C=O) groups is 1. The second-order valence-electron chi connectivity index (χ2n) is 21.6. The van der Waals surface area contributed by atoms with Gasteiger partial charge < -0.3 is 4.74 Å². The molecule has 0 aromatic rings. The molecule has 4 saturated carbocycles. The Kier molecular flexibility index (Phi) is 21.6. The minimum absolute atomic E-state index is 0.0956. The van der Waals surface area contributed by atoms with E-state index < -0.39 is 0 Å². The van der Waals surface area contributed by atoms with Crippen LogP contribution in [0.5, 0.6) is 0 Å². The number of unbranched alkanes of at least 4 members (excludes halogenated alkanes) is 20. The zero-order chi connectivity index (χ0) is 39.5. The van der Waals surface area contributed by atoms with Gasteiger partial charge in [0.05, 0.1) is 0 Å². The lowest BCUT2D eigenvalue weighted by Gasteiger charge is -2.61. The number of esters is 1. The highest BCUT2D eigenvalue weighted by Crippen LogP contribution is 2.68. The fourth-order valence-electron chi connectivity index (χ4n) is 13.9. The first kappa shape index (κ1) is 47.2. The fourth-order valence-corrected chi connectivity index (χ4v) is 13.9. The second kappa shape index (κ2) is 25.2. The molecule has 55 heavy (non-hydrogen) atoms. The Balaban J connectivity index is 1.01. The lowest BCUT2D eigenvalue weighted by Crippen LogP contribution is -2.54. The Morgan fingerprint density at radius 1 is 0.582 bits per heavy atom. The van der Waals surface area contributed by atoms with Crippen LogP contribution in [-0.2, 0) is 9.53 Å². The standard InChI is InChI=1S/C53H98O2/c1-8-10-11-12-13-14-15-16-17-18-19-20-21-22-23-24-25-26-27-28-29-30-51(54)55-46-37-39-52(6)45(41-46)33-34-47-49-36-35-48(53(49,7)40-38-50(47)52)43(5)31-32-44(9-2)42(3)4/h42-50H,8-41H2,1-7H3/t43-,44-,45+,46+,47+,48-,49+,50+,52+,53-/m1/s1. The third-order valence-electron chi connectivity index (χ3n) is 17.6. The van der Waals surface area contributed by atoms with Gasteiger partial charge in [-0.15, -0.1) is 0 Å². The summed E-state index contributed by atoms with van der Waals surface area (Å²) in [4.78, 5) is 12.9. The van der Waals surface area contributed by atoms with Gasteiger partial charge in [-0.2, -0.15) is 0 Å². The fraction of sp³-hybridized carbons (Fsp3) is 0.981. The molecule has 0 aromatic heterocycles. The molecule has 0 aromatic carbocycles. The van der Waals surface area contributed by atoms with E-state index in [9.17, 15) is 4.79 Å². The van der Waals surface area contributed by atoms with Gasteiger partial charge in [0, 0.05) is 6.42 Å². The van der Waals surface area contributed by atoms with E-state index in [4.69, 9.17) is 4.74 Å². The first-order valence-electron chi connectivity index (χ1n) is 25.8. The molecule has 0 bridgehead atoms. The van der Waals surface area contributed by atoms with Crippen LogP contribution in [0.3, 0.4) is 0 Å². The van der Waals surface area contributed by atoms with E-state index >= 15 is 0 Å². The molecule has 0 spiro atoms. The van der Waals surface area contributed by atoms with Gasteiger partial charge in [-0.05, 0) is 129 Å². The summed E-state index contributed by atoms with van der Waals surface area (Å²) in [6.45, 7) is 17.6. The second-order valence-corrected chi connectivity index (χ2v) is 21.6. The highest BCUT2D eigenvalue weighted by Gasteiger charge is 2.60. The average molecular weight is 767 g/mol. The van der Waals surface area contributed by atoms with Crippen LogP contribution in [0, 0.1) is 58.2 Å². The van der Waals surface area contributed by atoms with E-state index in [2.05, 4.69) is 48.5 Å². The van der Waals surface area contributed by atoms with Crippen molar-refractivity contribution in [3.05, 3.63) is 0 Å². The Morgan fingerprint density at radius 2 is 1.09 bits per heavy atom. The van der Waals surface area contributed by atoms with Crippen LogP contribution in [0.15, 0.2) is 0 Å². The van der Waals surface area contributed by atoms with Crippen molar-refractivity contribution in [2.75, 3.05) is 0 Å². The number of carbonyl (C=O) groups excluding carboxylic acids is 1. The normalized spacial score (nSPS) is 31.5. The zero-order valence-corrected chi connectivity index (χ0v) is 38.6. The van der Waals surface area contributed by atoms with Crippen molar-refractivity contribution >= 4 is 5.97 Å². The van der Waals surface area contributed by atoms with Gasteiger partial charge in [-0.3, -0.25) is 4.79 Å². The number of fused-ring (bicyclic) bond motifs is 5. The van der Waals surface area contributed by atoms with Crippen LogP contribution in [0.1, 0.15) is 267 Å². The van der Waals surface area contributed by atoms with Gasteiger partial charge in [0.25, 0.3) is 0 Å². The van der Waals surface area contributed by atoms with E-state index in [0.29, 0.717) is 17.3 Å². The summed E-state index contributed by atoms with van der Waals surface area (Å²) >= 11 is 0. The number of hydrogen-bond acceptors (Lipinski definition) is 2. The van der Waals surface area contributed by atoms with Crippen molar-refractivity contribution < 1.29 is 9.53 Å². The molecule has 2 heteroatoms. The number of rotatable bonds is 29. The van der Waals surface area contributed by atoms with Gasteiger partial charge >= 0.3 is 5.97 Å². The molecule has 4 aliphatic carbocycles. The molecule has 0 saturated heterocycles. The smallest absolute Gasteiger partial charge is 0.306 e. The van der Waals surface area contributed by atoms with Crippen LogP contribution in [-0.4, -0.2) is 12.1 Å². The minimum Gasteiger partial charge on any atom is -0.462 e. The average Bonchev–Trinajstić information content (AvgIpc) is 3.53. The highest BCUT2D eigenvalue weighted by atomic mass is 16.5. The summed E-state index contributed by atoms with van der Waals surface area (Å²) in [6, 6.07) is 0. The molecule has 0 aliphatic heterocycles. The van der Waals surface area contributed by atoms with Crippen LogP contribution in [0.2, 0.25) is 0 Å². The molecule has 0 unspecified atom stereocenters. The van der Waals surface area contributed by atoms with Crippen molar-refractivity contribution in [1.29, 1.82) is 0 Å². The summed E-state index contributed by atoms with van der Waals surface area (Å²) in [5.41, 5.74) is 1.04. The molecule has 322 valence electrons. The van der Waals surface area contributed by atoms with E-state index in [1.165, 1.54) is 193 Å². The first-order chi connectivity index (χ1) is 26.6. The van der Waals surface area contributed by atoms with Gasteiger partial charge in [-0.1, -0.05) is 190 Å². The van der Waals surface area contributed by atoms with Crippen LogP contribution >= 0.6 is 0 Å². The van der Waals surface area contributed by atoms with Crippen LogP contribution in [0.4, 0.5) is 0 Å². The van der Waals surface area contributed by atoms with Gasteiger partial charge in [-0.25, -0.2) is 0 Å². The Labute approximate surface area is 345 Å². The monoisotopic (exact) mass is 767 g/mol. The zero-order valence-electron chi connectivity index (χ0n) is 38.6. The summed E-state index contributed by atoms with van der Waals surface area (Å²) < 4.78 is 6.21. The number of hydrogen-bond donors (Lipinski definition) is 0.